The number of fused-ring (bicyclic) bond motifs is 2. The zero-order valence-corrected chi connectivity index (χ0v) is 33.9. The number of alkyl halides is 3. The first-order valence-corrected chi connectivity index (χ1v) is 20.0. The van der Waals surface area contributed by atoms with Gasteiger partial charge in [-0.3, -0.25) is 24.4 Å². The lowest BCUT2D eigenvalue weighted by molar-refractivity contribution is -0.141. The highest BCUT2D eigenvalue weighted by molar-refractivity contribution is 6.11. The summed E-state index contributed by atoms with van der Waals surface area (Å²) in [6, 6.07) is 18.6. The second-order valence-corrected chi connectivity index (χ2v) is 16.1. The van der Waals surface area contributed by atoms with Gasteiger partial charge in [-0.1, -0.05) is 30.3 Å². The molecule has 1 saturated carbocycles. The van der Waals surface area contributed by atoms with Gasteiger partial charge in [0.1, 0.15) is 22.9 Å². The van der Waals surface area contributed by atoms with Crippen molar-refractivity contribution < 1.29 is 42.2 Å². The smallest absolute Gasteiger partial charge is 0.433 e. The third-order valence-electron chi connectivity index (χ3n) is 10.9. The summed E-state index contributed by atoms with van der Waals surface area (Å²) in [7, 11) is 2.03. The van der Waals surface area contributed by atoms with Crippen LogP contribution in [0.3, 0.4) is 0 Å². The second-order valence-electron chi connectivity index (χ2n) is 16.1. The molecule has 0 unspecified atom stereocenters. The number of halogens is 3. The van der Waals surface area contributed by atoms with E-state index in [1.165, 1.54) is 6.07 Å². The summed E-state index contributed by atoms with van der Waals surface area (Å²) in [6.07, 6.45) is 1.03. The van der Waals surface area contributed by atoms with E-state index in [9.17, 15) is 37.5 Å². The number of pyridine rings is 1. The van der Waals surface area contributed by atoms with E-state index in [4.69, 9.17) is 9.84 Å². The van der Waals surface area contributed by atoms with Crippen LogP contribution in [-0.4, -0.2) is 75.2 Å². The van der Waals surface area contributed by atoms with Gasteiger partial charge in [0.25, 0.3) is 11.8 Å². The van der Waals surface area contributed by atoms with Crippen LogP contribution in [0.1, 0.15) is 88.8 Å². The van der Waals surface area contributed by atoms with Crippen molar-refractivity contribution in [3.63, 3.8) is 0 Å². The first kappa shape index (κ1) is 42.8. The Hall–Kier alpha value is -6.33. The molecule has 0 radical (unpaired) electrons. The monoisotopic (exact) mass is 840 g/mol. The van der Waals surface area contributed by atoms with Crippen LogP contribution in [0.5, 0.6) is 11.5 Å². The van der Waals surface area contributed by atoms with Crippen molar-refractivity contribution in [3.05, 3.63) is 113 Å². The Morgan fingerprint density at radius 2 is 1.74 bits per heavy atom. The number of benzene rings is 3. The van der Waals surface area contributed by atoms with E-state index in [2.05, 4.69) is 31.2 Å². The molecule has 0 atom stereocenters. The molecule has 3 aromatic carbocycles. The van der Waals surface area contributed by atoms with Gasteiger partial charge in [-0.2, -0.15) is 18.3 Å². The Kier molecular flexibility index (Phi) is 12.4. The Labute approximate surface area is 349 Å². The van der Waals surface area contributed by atoms with E-state index in [1.54, 1.807) is 62.4 Å². The predicted molar refractivity (Wildman–Crippen MR) is 220 cm³/mol. The maximum atomic E-state index is 13.2. The highest BCUT2D eigenvalue weighted by Gasteiger charge is 2.33. The lowest BCUT2D eigenvalue weighted by Crippen LogP contribution is -2.40. The quantitative estimate of drug-likeness (QED) is 0.0808. The molecule has 5 aromatic rings. The standard InChI is InChI=1S/C44H47F3N8O6/c1-43(2,60)32-22-34-29(20-35(32)51-40(57)33-10-6-12-37(50-33)44(45,46)47)25-55(53-34)30-15-13-26(14-16-30)24-54(3)18-17-48-42(59)49-23-27-7-4-9-31(19-27)61-36-11-5-8-28-21-38(56)52-41(58)39(28)36/h4-12,19-20,22,25-26,30,60H,13-18,21,23-24H2,1-3H3,(H,51,57)(H2,48,49,59)(H,52,56,58)/t26-,30-. The molecule has 61 heavy (non-hydrogen) atoms. The zero-order valence-electron chi connectivity index (χ0n) is 33.9. The number of rotatable bonds is 13. The van der Waals surface area contributed by atoms with Crippen LogP contribution in [0.15, 0.2) is 79.0 Å². The third kappa shape index (κ3) is 10.5. The summed E-state index contributed by atoms with van der Waals surface area (Å²) in [4.78, 5) is 55.6. The molecular weight excluding hydrogens is 794 g/mol. The van der Waals surface area contributed by atoms with Gasteiger partial charge < -0.3 is 30.7 Å². The van der Waals surface area contributed by atoms with Gasteiger partial charge in [0, 0.05) is 49.0 Å². The van der Waals surface area contributed by atoms with Gasteiger partial charge in [-0.05, 0) is 106 Å². The molecule has 5 amide bonds. The molecule has 17 heteroatoms. The lowest BCUT2D eigenvalue weighted by atomic mass is 9.86. The fourth-order valence-electron chi connectivity index (χ4n) is 7.84. The third-order valence-corrected chi connectivity index (χ3v) is 10.9. The molecule has 7 rings (SSSR count). The summed E-state index contributed by atoms with van der Waals surface area (Å²) in [5.74, 6) is -0.391. The van der Waals surface area contributed by atoms with Crippen molar-refractivity contribution in [2.45, 2.75) is 70.3 Å². The van der Waals surface area contributed by atoms with Crippen molar-refractivity contribution in [1.29, 1.82) is 0 Å². The van der Waals surface area contributed by atoms with Crippen molar-refractivity contribution >= 4 is 40.3 Å². The van der Waals surface area contributed by atoms with E-state index >= 15 is 0 Å². The highest BCUT2D eigenvalue weighted by atomic mass is 19.4. The summed E-state index contributed by atoms with van der Waals surface area (Å²) in [5, 5.41) is 27.2. The number of hydrogen-bond donors (Lipinski definition) is 5. The number of likely N-dealkylation sites (N-methyl/N-ethyl adjacent to an activating group) is 1. The van der Waals surface area contributed by atoms with Gasteiger partial charge in [0.05, 0.1) is 29.1 Å². The fourth-order valence-corrected chi connectivity index (χ4v) is 7.84. The van der Waals surface area contributed by atoms with Crippen molar-refractivity contribution in [1.82, 2.24) is 35.6 Å². The number of nitrogens with zero attached hydrogens (tertiary/aromatic N) is 4. The fraction of sp³-hybridized carbons (Fsp3) is 0.364. The number of anilines is 1. The number of amides is 5. The predicted octanol–water partition coefficient (Wildman–Crippen LogP) is 6.70. The van der Waals surface area contributed by atoms with Gasteiger partial charge >= 0.3 is 12.2 Å². The molecule has 14 nitrogen and oxygen atoms in total. The van der Waals surface area contributed by atoms with Crippen LogP contribution in [0, 0.1) is 5.92 Å². The average molecular weight is 841 g/mol. The summed E-state index contributed by atoms with van der Waals surface area (Å²) in [6.45, 7) is 5.35. The van der Waals surface area contributed by atoms with E-state index < -0.39 is 35.0 Å². The Morgan fingerprint density at radius 3 is 2.49 bits per heavy atom. The van der Waals surface area contributed by atoms with Crippen LogP contribution >= 0.6 is 0 Å². The minimum absolute atomic E-state index is 0.100. The van der Waals surface area contributed by atoms with Gasteiger partial charge in [-0.25, -0.2) is 9.78 Å². The molecule has 2 aromatic heterocycles. The molecular formula is C44H47F3N8O6. The highest BCUT2D eigenvalue weighted by Crippen LogP contribution is 2.36. The van der Waals surface area contributed by atoms with Crippen molar-refractivity contribution in [2.24, 2.45) is 5.92 Å². The maximum Gasteiger partial charge on any atom is 0.433 e. The molecule has 1 aliphatic heterocycles. The topological polar surface area (TPSA) is 180 Å². The summed E-state index contributed by atoms with van der Waals surface area (Å²) >= 11 is 0. The largest absolute Gasteiger partial charge is 0.457 e. The minimum atomic E-state index is -4.70. The van der Waals surface area contributed by atoms with Crippen LogP contribution in [0.25, 0.3) is 10.9 Å². The number of carbonyl (C=O) groups is 4. The van der Waals surface area contributed by atoms with E-state index in [0.29, 0.717) is 58.1 Å². The Bertz CT molecular complexity index is 2460. The Morgan fingerprint density at radius 1 is 0.984 bits per heavy atom. The molecule has 5 N–H and O–H groups in total. The molecule has 1 aliphatic carbocycles. The lowest BCUT2D eigenvalue weighted by Gasteiger charge is -2.31. The maximum absolute atomic E-state index is 13.2. The Balaban J connectivity index is 0.862. The number of carbonyl (C=O) groups excluding carboxylic acids is 4. The molecule has 0 bridgehead atoms. The SMILES string of the molecule is CN(CCNC(=O)NCc1cccc(Oc2cccc3c2C(=O)NC(=O)C3)c1)C[C@H]1CC[C@H](n2cc3cc(NC(=O)c4cccc(C(F)(F)F)n4)c(C(C)(C)O)cc3n2)CC1. The number of imide groups is 1. The average Bonchev–Trinajstić information content (AvgIpc) is 3.62. The van der Waals surface area contributed by atoms with E-state index in [0.717, 1.165) is 49.9 Å². The minimum Gasteiger partial charge on any atom is -0.457 e. The van der Waals surface area contributed by atoms with Gasteiger partial charge in [0.2, 0.25) is 5.91 Å². The molecule has 320 valence electrons. The van der Waals surface area contributed by atoms with Gasteiger partial charge in [-0.15, -0.1) is 0 Å². The normalized spacial score (nSPS) is 16.9. The van der Waals surface area contributed by atoms with Crippen LogP contribution < -0.4 is 26.0 Å². The number of ether oxygens (including phenoxy) is 1. The van der Waals surface area contributed by atoms with Crippen LogP contribution in [-0.2, 0) is 29.5 Å². The van der Waals surface area contributed by atoms with E-state index in [-0.39, 0.29) is 36.6 Å². The molecule has 2 aliphatic rings. The summed E-state index contributed by atoms with van der Waals surface area (Å²) < 4.78 is 47.7. The first-order valence-electron chi connectivity index (χ1n) is 20.0. The first-order chi connectivity index (χ1) is 29.0. The molecule has 0 spiro atoms. The van der Waals surface area contributed by atoms with Crippen molar-refractivity contribution in [3.8, 4) is 11.5 Å². The van der Waals surface area contributed by atoms with Crippen LogP contribution in [0.4, 0.5) is 23.7 Å². The number of aromatic nitrogens is 3. The molecule has 1 fully saturated rings. The molecule has 3 heterocycles. The number of hydrogen-bond acceptors (Lipinski definition) is 9. The van der Waals surface area contributed by atoms with Gasteiger partial charge in [0.15, 0.2) is 0 Å². The molecule has 0 saturated heterocycles. The second kappa shape index (κ2) is 17.7. The van der Waals surface area contributed by atoms with Crippen LogP contribution in [0.2, 0.25) is 0 Å². The number of nitrogens with one attached hydrogen (secondary N) is 4. The van der Waals surface area contributed by atoms with Crippen molar-refractivity contribution in [2.75, 3.05) is 32.0 Å². The summed E-state index contributed by atoms with van der Waals surface area (Å²) in [5.41, 5.74) is -0.00526. The number of aliphatic hydroxyl groups is 1. The number of urea groups is 1. The zero-order chi connectivity index (χ0) is 43.5. The van der Waals surface area contributed by atoms with E-state index in [1.807, 2.05) is 24.0 Å².